The maximum atomic E-state index is 13.9. The highest BCUT2D eigenvalue weighted by molar-refractivity contribution is 7.07. The second kappa shape index (κ2) is 10.7. The van der Waals surface area contributed by atoms with Gasteiger partial charge in [0.25, 0.3) is 11.2 Å². The van der Waals surface area contributed by atoms with Crippen molar-refractivity contribution in [2.45, 2.75) is 38.6 Å². The Morgan fingerprint density at radius 3 is 2.58 bits per heavy atom. The molecule has 3 heterocycles. The molecule has 0 radical (unpaired) electrons. The summed E-state index contributed by atoms with van der Waals surface area (Å²) < 4.78 is 7.03. The van der Waals surface area contributed by atoms with Gasteiger partial charge in [0.1, 0.15) is 0 Å². The number of ether oxygens (including phenoxy) is 1. The lowest BCUT2D eigenvalue weighted by Gasteiger charge is -2.30. The fourth-order valence-electron chi connectivity index (χ4n) is 5.15. The molecule has 5 rings (SSSR count). The van der Waals surface area contributed by atoms with Gasteiger partial charge in [0.15, 0.2) is 4.80 Å². The highest BCUT2D eigenvalue weighted by Gasteiger charge is 2.33. The molecule has 1 aromatic heterocycles. The standard InChI is InChI=1S/C28H28N4O5S/c1-3-21-24(27(34)37-2)25(18-10-6-4-7-11-18)31-26(33)23(38-28(31)29-21)17-19-16-20(32(35)36)12-13-22(19)30-14-8-5-9-15-30/h4,6-7,10-13,16-17,25H,3,5,8-9,14-15H2,1-2H3/b23-17-/t25-/m1/s1. The van der Waals surface area contributed by atoms with Crippen LogP contribution in [0, 0.1) is 10.1 Å². The number of aromatic nitrogens is 1. The first-order chi connectivity index (χ1) is 18.4. The van der Waals surface area contributed by atoms with Gasteiger partial charge < -0.3 is 9.64 Å². The van der Waals surface area contributed by atoms with Crippen LogP contribution in [0.2, 0.25) is 0 Å². The summed E-state index contributed by atoms with van der Waals surface area (Å²) in [4.78, 5) is 45.4. The van der Waals surface area contributed by atoms with Gasteiger partial charge in [-0.1, -0.05) is 48.6 Å². The Morgan fingerprint density at radius 2 is 1.92 bits per heavy atom. The molecule has 1 atom stereocenters. The molecule has 0 N–H and O–H groups in total. The third-order valence-corrected chi connectivity index (χ3v) is 7.95. The third kappa shape index (κ3) is 4.67. The molecule has 38 heavy (non-hydrogen) atoms. The number of fused-ring (bicyclic) bond motifs is 1. The van der Waals surface area contributed by atoms with Crippen molar-refractivity contribution in [3.63, 3.8) is 0 Å². The predicted octanol–water partition coefficient (Wildman–Crippen LogP) is 3.70. The molecule has 0 unspecified atom stereocenters. The number of benzene rings is 2. The van der Waals surface area contributed by atoms with Crippen LogP contribution >= 0.6 is 11.3 Å². The van der Waals surface area contributed by atoms with Crippen molar-refractivity contribution in [3.8, 4) is 0 Å². The number of nitro benzene ring substituents is 1. The monoisotopic (exact) mass is 532 g/mol. The molecule has 0 bridgehead atoms. The summed E-state index contributed by atoms with van der Waals surface area (Å²) in [6.07, 6.45) is 5.45. The van der Waals surface area contributed by atoms with Crippen molar-refractivity contribution in [1.82, 2.24) is 4.57 Å². The normalized spacial score (nSPS) is 17.7. The number of methoxy groups -OCH3 is 1. The molecule has 0 saturated carbocycles. The summed E-state index contributed by atoms with van der Waals surface area (Å²) in [6, 6.07) is 13.5. The van der Waals surface area contributed by atoms with Crippen LogP contribution in [0.4, 0.5) is 11.4 Å². The molecule has 10 heteroatoms. The summed E-state index contributed by atoms with van der Waals surface area (Å²) in [5.74, 6) is -0.528. The van der Waals surface area contributed by atoms with Crippen LogP contribution in [-0.2, 0) is 9.53 Å². The van der Waals surface area contributed by atoms with Gasteiger partial charge in [-0.25, -0.2) is 9.79 Å². The average Bonchev–Trinajstić information content (AvgIpc) is 3.26. The predicted molar refractivity (Wildman–Crippen MR) is 146 cm³/mol. The molecule has 0 spiro atoms. The van der Waals surface area contributed by atoms with E-state index in [1.54, 1.807) is 12.1 Å². The number of esters is 1. The van der Waals surface area contributed by atoms with E-state index in [0.29, 0.717) is 32.6 Å². The molecule has 1 fully saturated rings. The van der Waals surface area contributed by atoms with Crippen LogP contribution in [0.15, 0.2) is 69.6 Å². The van der Waals surface area contributed by atoms with Crippen molar-refractivity contribution in [1.29, 1.82) is 0 Å². The van der Waals surface area contributed by atoms with E-state index in [1.165, 1.54) is 35.1 Å². The summed E-state index contributed by atoms with van der Waals surface area (Å²) in [5.41, 5.74) is 2.82. The number of anilines is 1. The third-order valence-electron chi connectivity index (χ3n) is 6.97. The summed E-state index contributed by atoms with van der Waals surface area (Å²) >= 11 is 1.22. The molecule has 3 aromatic rings. The van der Waals surface area contributed by atoms with E-state index in [4.69, 9.17) is 9.73 Å². The van der Waals surface area contributed by atoms with Crippen LogP contribution in [0.5, 0.6) is 0 Å². The Kier molecular flexibility index (Phi) is 7.24. The van der Waals surface area contributed by atoms with Gasteiger partial charge >= 0.3 is 5.97 Å². The summed E-state index contributed by atoms with van der Waals surface area (Å²) in [6.45, 7) is 3.62. The second-order valence-corrected chi connectivity index (χ2v) is 10.3. The zero-order valence-corrected chi connectivity index (χ0v) is 22.1. The Balaban J connectivity index is 1.74. The van der Waals surface area contributed by atoms with Crippen LogP contribution in [0.3, 0.4) is 0 Å². The lowest BCUT2D eigenvalue weighted by atomic mass is 9.95. The average molecular weight is 533 g/mol. The fourth-order valence-corrected chi connectivity index (χ4v) is 6.16. The van der Waals surface area contributed by atoms with Crippen molar-refractivity contribution < 1.29 is 14.5 Å². The largest absolute Gasteiger partial charge is 0.466 e. The Labute approximate surface area is 223 Å². The number of nitrogens with zero attached hydrogens (tertiary/aromatic N) is 4. The molecule has 1 saturated heterocycles. The van der Waals surface area contributed by atoms with Crippen LogP contribution < -0.4 is 19.8 Å². The fraction of sp³-hybridized carbons (Fsp3) is 0.321. The highest BCUT2D eigenvalue weighted by atomic mass is 32.1. The zero-order valence-electron chi connectivity index (χ0n) is 21.3. The Hall–Kier alpha value is -4.05. The molecule has 2 aromatic carbocycles. The molecule has 196 valence electrons. The van der Waals surface area contributed by atoms with E-state index in [1.807, 2.05) is 37.3 Å². The van der Waals surface area contributed by atoms with E-state index in [9.17, 15) is 19.7 Å². The molecule has 2 aliphatic heterocycles. The maximum absolute atomic E-state index is 13.9. The molecule has 9 nitrogen and oxygen atoms in total. The first kappa shape index (κ1) is 25.6. The number of piperidine rings is 1. The molecule has 2 aliphatic rings. The number of hydrogen-bond donors (Lipinski definition) is 0. The van der Waals surface area contributed by atoms with Crippen molar-refractivity contribution in [3.05, 3.63) is 101 Å². The number of rotatable bonds is 6. The molecule has 0 aliphatic carbocycles. The molecule has 0 amide bonds. The number of hydrogen-bond acceptors (Lipinski definition) is 8. The first-order valence-corrected chi connectivity index (χ1v) is 13.5. The Morgan fingerprint density at radius 1 is 1.18 bits per heavy atom. The van der Waals surface area contributed by atoms with Gasteiger partial charge in [-0.3, -0.25) is 19.5 Å². The minimum atomic E-state index is -0.691. The molecular formula is C28H28N4O5S. The number of allylic oxidation sites excluding steroid dienone is 1. The zero-order chi connectivity index (χ0) is 26.8. The SMILES string of the molecule is CCC1=C(C(=O)OC)[C@@H](c2ccccc2)n2c(s/c(=C\c3cc([N+](=O)[O-])ccc3N3CCCCC3)c2=O)=N1. The minimum Gasteiger partial charge on any atom is -0.466 e. The lowest BCUT2D eigenvalue weighted by Crippen LogP contribution is -2.40. The van der Waals surface area contributed by atoms with Crippen molar-refractivity contribution in [2.75, 3.05) is 25.1 Å². The van der Waals surface area contributed by atoms with Crippen molar-refractivity contribution >= 4 is 34.8 Å². The highest BCUT2D eigenvalue weighted by Crippen LogP contribution is 2.32. The maximum Gasteiger partial charge on any atom is 0.338 e. The van der Waals surface area contributed by atoms with E-state index in [0.717, 1.165) is 43.6 Å². The second-order valence-electron chi connectivity index (χ2n) is 9.25. The van der Waals surface area contributed by atoms with E-state index >= 15 is 0 Å². The first-order valence-electron chi connectivity index (χ1n) is 12.6. The quantitative estimate of drug-likeness (QED) is 0.272. The van der Waals surface area contributed by atoms with Gasteiger partial charge in [0.05, 0.1) is 33.9 Å². The van der Waals surface area contributed by atoms with Gasteiger partial charge in [-0.15, -0.1) is 0 Å². The molecular weight excluding hydrogens is 504 g/mol. The number of carbonyl (C=O) groups excluding carboxylic acids is 1. The van der Waals surface area contributed by atoms with Gasteiger partial charge in [-0.2, -0.15) is 0 Å². The van der Waals surface area contributed by atoms with Crippen LogP contribution in [0.1, 0.15) is 49.8 Å². The van der Waals surface area contributed by atoms with E-state index in [-0.39, 0.29) is 11.2 Å². The van der Waals surface area contributed by atoms with Gasteiger partial charge in [0, 0.05) is 36.5 Å². The Bertz CT molecular complexity index is 1600. The summed E-state index contributed by atoms with van der Waals surface area (Å²) in [5, 5.41) is 11.6. The number of nitro groups is 1. The van der Waals surface area contributed by atoms with E-state index < -0.39 is 16.9 Å². The topological polar surface area (TPSA) is 107 Å². The van der Waals surface area contributed by atoms with Crippen LogP contribution in [0.25, 0.3) is 6.08 Å². The number of non-ortho nitro benzene ring substituents is 1. The number of thiazole rings is 1. The van der Waals surface area contributed by atoms with Crippen molar-refractivity contribution in [2.24, 2.45) is 4.99 Å². The summed E-state index contributed by atoms with van der Waals surface area (Å²) in [7, 11) is 1.32. The van der Waals surface area contributed by atoms with Gasteiger partial charge in [0.2, 0.25) is 0 Å². The lowest BCUT2D eigenvalue weighted by molar-refractivity contribution is -0.384. The van der Waals surface area contributed by atoms with Crippen LogP contribution in [-0.4, -0.2) is 35.7 Å². The number of carbonyl (C=O) groups is 1. The smallest absolute Gasteiger partial charge is 0.338 e. The minimum absolute atomic E-state index is 0.0341. The van der Waals surface area contributed by atoms with Gasteiger partial charge in [-0.05, 0) is 43.4 Å². The van der Waals surface area contributed by atoms with E-state index in [2.05, 4.69) is 4.90 Å².